The summed E-state index contributed by atoms with van der Waals surface area (Å²) in [6.07, 6.45) is 0. The molecule has 0 atom stereocenters. The Balaban J connectivity index is 2.61. The standard InChI is InChI=1S/C15H16ClFN2O/c1-8(2)14-13(18)7-10(15(19-14)20-3)9-4-5-12(17)11(16)6-9/h4-8H,18H2,1-3H3. The largest absolute Gasteiger partial charge is 0.481 e. The summed E-state index contributed by atoms with van der Waals surface area (Å²) < 4.78 is 18.6. The van der Waals surface area contributed by atoms with Crippen molar-refractivity contribution in [1.29, 1.82) is 0 Å². The van der Waals surface area contributed by atoms with Crippen LogP contribution >= 0.6 is 11.6 Å². The lowest BCUT2D eigenvalue weighted by Crippen LogP contribution is -2.03. The van der Waals surface area contributed by atoms with Gasteiger partial charge in [-0.25, -0.2) is 9.37 Å². The van der Waals surface area contributed by atoms with Crippen LogP contribution in [0.2, 0.25) is 5.02 Å². The predicted octanol–water partition coefficient (Wildman–Crippen LogP) is 4.26. The van der Waals surface area contributed by atoms with E-state index in [1.807, 2.05) is 13.8 Å². The minimum absolute atomic E-state index is 0.0519. The third-order valence-corrected chi connectivity index (χ3v) is 3.31. The minimum atomic E-state index is -0.464. The second-order valence-corrected chi connectivity index (χ2v) is 5.21. The molecule has 1 heterocycles. The van der Waals surface area contributed by atoms with E-state index in [0.717, 1.165) is 5.69 Å². The maximum Gasteiger partial charge on any atom is 0.221 e. The van der Waals surface area contributed by atoms with Gasteiger partial charge in [-0.05, 0) is 29.7 Å². The molecule has 106 valence electrons. The molecule has 0 radical (unpaired) electrons. The number of nitrogens with two attached hydrogens (primary N) is 1. The molecule has 0 bridgehead atoms. The van der Waals surface area contributed by atoms with E-state index in [9.17, 15) is 4.39 Å². The normalized spacial score (nSPS) is 10.9. The highest BCUT2D eigenvalue weighted by Gasteiger charge is 2.15. The van der Waals surface area contributed by atoms with Gasteiger partial charge in [0.1, 0.15) is 5.82 Å². The summed E-state index contributed by atoms with van der Waals surface area (Å²) in [5.41, 5.74) is 8.78. The number of hydrogen-bond acceptors (Lipinski definition) is 3. The van der Waals surface area contributed by atoms with Gasteiger partial charge in [-0.1, -0.05) is 31.5 Å². The molecule has 1 aromatic carbocycles. The van der Waals surface area contributed by atoms with Crippen molar-refractivity contribution in [3.8, 4) is 17.0 Å². The van der Waals surface area contributed by atoms with E-state index in [4.69, 9.17) is 22.1 Å². The van der Waals surface area contributed by atoms with Gasteiger partial charge in [-0.2, -0.15) is 0 Å². The Morgan fingerprint density at radius 1 is 1.30 bits per heavy atom. The van der Waals surface area contributed by atoms with Crippen LogP contribution < -0.4 is 10.5 Å². The highest BCUT2D eigenvalue weighted by molar-refractivity contribution is 6.31. The van der Waals surface area contributed by atoms with E-state index < -0.39 is 5.82 Å². The van der Waals surface area contributed by atoms with Crippen LogP contribution in [0.5, 0.6) is 5.88 Å². The number of rotatable bonds is 3. The zero-order valence-electron chi connectivity index (χ0n) is 11.6. The average molecular weight is 295 g/mol. The van der Waals surface area contributed by atoms with Gasteiger partial charge in [-0.3, -0.25) is 0 Å². The van der Waals surface area contributed by atoms with Crippen molar-refractivity contribution in [2.24, 2.45) is 0 Å². The van der Waals surface area contributed by atoms with Gasteiger partial charge in [0.2, 0.25) is 5.88 Å². The van der Waals surface area contributed by atoms with Gasteiger partial charge in [-0.15, -0.1) is 0 Å². The molecule has 20 heavy (non-hydrogen) atoms. The number of anilines is 1. The van der Waals surface area contributed by atoms with Crippen LogP contribution in [-0.4, -0.2) is 12.1 Å². The van der Waals surface area contributed by atoms with E-state index in [1.165, 1.54) is 19.2 Å². The van der Waals surface area contributed by atoms with Crippen molar-refractivity contribution in [2.75, 3.05) is 12.8 Å². The van der Waals surface area contributed by atoms with Crippen LogP contribution in [0.3, 0.4) is 0 Å². The number of pyridine rings is 1. The molecule has 0 unspecified atom stereocenters. The van der Waals surface area contributed by atoms with E-state index >= 15 is 0 Å². The maximum absolute atomic E-state index is 13.2. The van der Waals surface area contributed by atoms with Crippen molar-refractivity contribution in [3.05, 3.63) is 40.8 Å². The summed E-state index contributed by atoms with van der Waals surface area (Å²) in [6, 6.07) is 6.24. The Labute approximate surface area is 122 Å². The first-order valence-electron chi connectivity index (χ1n) is 6.23. The molecule has 2 aromatic rings. The summed E-state index contributed by atoms with van der Waals surface area (Å²) in [6.45, 7) is 4.01. The van der Waals surface area contributed by atoms with Crippen LogP contribution in [0.15, 0.2) is 24.3 Å². The van der Waals surface area contributed by atoms with Crippen molar-refractivity contribution in [1.82, 2.24) is 4.98 Å². The van der Waals surface area contributed by atoms with Gasteiger partial charge in [0.15, 0.2) is 0 Å². The van der Waals surface area contributed by atoms with Crippen LogP contribution in [-0.2, 0) is 0 Å². The molecule has 2 N–H and O–H groups in total. The lowest BCUT2D eigenvalue weighted by Gasteiger charge is -2.14. The van der Waals surface area contributed by atoms with Crippen molar-refractivity contribution >= 4 is 17.3 Å². The van der Waals surface area contributed by atoms with E-state index in [2.05, 4.69) is 4.98 Å². The molecule has 0 fully saturated rings. The summed E-state index contributed by atoms with van der Waals surface area (Å²) in [5.74, 6) is 0.175. The Morgan fingerprint density at radius 3 is 2.55 bits per heavy atom. The molecule has 0 aliphatic carbocycles. The van der Waals surface area contributed by atoms with E-state index in [-0.39, 0.29) is 10.9 Å². The third-order valence-electron chi connectivity index (χ3n) is 3.02. The van der Waals surface area contributed by atoms with Gasteiger partial charge in [0, 0.05) is 5.56 Å². The second-order valence-electron chi connectivity index (χ2n) is 4.80. The molecular formula is C15H16ClFN2O. The molecule has 0 aliphatic heterocycles. The van der Waals surface area contributed by atoms with E-state index in [0.29, 0.717) is 22.7 Å². The minimum Gasteiger partial charge on any atom is -0.481 e. The predicted molar refractivity (Wildman–Crippen MR) is 79.7 cm³/mol. The monoisotopic (exact) mass is 294 g/mol. The van der Waals surface area contributed by atoms with Crippen molar-refractivity contribution in [3.63, 3.8) is 0 Å². The first kappa shape index (κ1) is 14.6. The Morgan fingerprint density at radius 2 is 2.00 bits per heavy atom. The highest BCUT2D eigenvalue weighted by Crippen LogP contribution is 2.35. The molecule has 0 spiro atoms. The van der Waals surface area contributed by atoms with Gasteiger partial charge in [0.25, 0.3) is 0 Å². The molecule has 0 saturated carbocycles. The Kier molecular flexibility index (Phi) is 4.14. The second kappa shape index (κ2) is 5.67. The molecule has 2 rings (SSSR count). The first-order valence-corrected chi connectivity index (χ1v) is 6.61. The molecule has 0 aliphatic rings. The number of nitrogen functional groups attached to an aromatic ring is 1. The smallest absolute Gasteiger partial charge is 0.221 e. The SMILES string of the molecule is COc1nc(C(C)C)c(N)cc1-c1ccc(F)c(Cl)c1. The molecule has 3 nitrogen and oxygen atoms in total. The Hall–Kier alpha value is -1.81. The van der Waals surface area contributed by atoms with Crippen LogP contribution in [0.4, 0.5) is 10.1 Å². The van der Waals surface area contributed by atoms with Gasteiger partial charge >= 0.3 is 0 Å². The van der Waals surface area contributed by atoms with Crippen LogP contribution in [0, 0.1) is 5.82 Å². The molecule has 5 heteroatoms. The number of benzene rings is 1. The lowest BCUT2D eigenvalue weighted by molar-refractivity contribution is 0.397. The molecule has 1 aromatic heterocycles. The number of nitrogens with zero attached hydrogens (tertiary/aromatic N) is 1. The fourth-order valence-corrected chi connectivity index (χ4v) is 2.19. The summed E-state index contributed by atoms with van der Waals surface area (Å²) >= 11 is 5.81. The average Bonchev–Trinajstić information content (AvgIpc) is 2.41. The van der Waals surface area contributed by atoms with Crippen molar-refractivity contribution in [2.45, 2.75) is 19.8 Å². The quantitative estimate of drug-likeness (QED) is 0.920. The zero-order chi connectivity index (χ0) is 14.9. The number of hydrogen-bond donors (Lipinski definition) is 1. The molecule has 0 saturated heterocycles. The molecule has 0 amide bonds. The number of aromatic nitrogens is 1. The summed E-state index contributed by atoms with van der Waals surface area (Å²) in [5, 5.41) is 0.0519. The van der Waals surface area contributed by atoms with Crippen LogP contribution in [0.25, 0.3) is 11.1 Å². The number of methoxy groups -OCH3 is 1. The first-order chi connectivity index (χ1) is 9.43. The van der Waals surface area contributed by atoms with Gasteiger partial charge in [0.05, 0.1) is 23.5 Å². The molecular weight excluding hydrogens is 279 g/mol. The zero-order valence-corrected chi connectivity index (χ0v) is 12.3. The van der Waals surface area contributed by atoms with Crippen molar-refractivity contribution < 1.29 is 9.13 Å². The highest BCUT2D eigenvalue weighted by atomic mass is 35.5. The van der Waals surface area contributed by atoms with Gasteiger partial charge < -0.3 is 10.5 Å². The topological polar surface area (TPSA) is 48.1 Å². The van der Waals surface area contributed by atoms with Crippen LogP contribution in [0.1, 0.15) is 25.5 Å². The van der Waals surface area contributed by atoms with E-state index in [1.54, 1.807) is 12.1 Å². The maximum atomic E-state index is 13.2. The Bertz CT molecular complexity index is 644. The fraction of sp³-hybridized carbons (Fsp3) is 0.267. The fourth-order valence-electron chi connectivity index (χ4n) is 2.01. The third kappa shape index (κ3) is 2.70. The lowest BCUT2D eigenvalue weighted by atomic mass is 10.0. The summed E-state index contributed by atoms with van der Waals surface area (Å²) in [7, 11) is 1.54. The number of halogens is 2. The summed E-state index contributed by atoms with van der Waals surface area (Å²) in [4.78, 5) is 4.43. The number of ether oxygens (including phenoxy) is 1.